The molecule has 5 nitrogen and oxygen atoms in total. The number of hydrogen-bond donors (Lipinski definition) is 1. The van der Waals surface area contributed by atoms with Crippen molar-refractivity contribution in [2.75, 3.05) is 0 Å². The van der Waals surface area contributed by atoms with Gasteiger partial charge in [-0.15, -0.1) is 5.10 Å². The Hall–Kier alpha value is -1.53. The number of halogens is 2. The first-order chi connectivity index (χ1) is 7.36. The summed E-state index contributed by atoms with van der Waals surface area (Å²) in [7, 11) is 0. The highest BCUT2D eigenvalue weighted by Crippen LogP contribution is 2.26. The van der Waals surface area contributed by atoms with Crippen LogP contribution in [0.2, 0.25) is 0 Å². The molecule has 0 saturated carbocycles. The summed E-state index contributed by atoms with van der Waals surface area (Å²) in [6.45, 7) is 5.36. The van der Waals surface area contributed by atoms with Gasteiger partial charge in [-0.3, -0.25) is 0 Å². The summed E-state index contributed by atoms with van der Waals surface area (Å²) in [5.74, 6) is -1.43. The van der Waals surface area contributed by atoms with Gasteiger partial charge in [0.2, 0.25) is 0 Å². The average Bonchev–Trinajstić information content (AvgIpc) is 2.60. The van der Waals surface area contributed by atoms with Crippen LogP contribution in [0.3, 0.4) is 0 Å². The van der Waals surface area contributed by atoms with E-state index in [0.29, 0.717) is 0 Å². The number of hydrogen-bond acceptors (Lipinski definition) is 3. The first-order valence-electron chi connectivity index (χ1n) is 4.82. The Labute approximate surface area is 91.1 Å². The summed E-state index contributed by atoms with van der Waals surface area (Å²) in [5, 5.41) is 15.5. The molecule has 7 heteroatoms. The number of carbonyl (C=O) groups is 1. The molecule has 90 valence electrons. The Morgan fingerprint density at radius 3 is 2.31 bits per heavy atom. The van der Waals surface area contributed by atoms with E-state index in [2.05, 4.69) is 10.3 Å². The molecule has 1 heterocycles. The van der Waals surface area contributed by atoms with Crippen molar-refractivity contribution in [2.45, 2.75) is 33.2 Å². The zero-order valence-electron chi connectivity index (χ0n) is 9.19. The molecular formula is C9H13F2N3O2. The minimum absolute atomic E-state index is 0.0563. The lowest BCUT2D eigenvalue weighted by Gasteiger charge is -2.17. The molecule has 0 saturated heterocycles. The highest BCUT2D eigenvalue weighted by atomic mass is 19.3. The second-order valence-corrected chi connectivity index (χ2v) is 3.86. The molecule has 0 aliphatic heterocycles. The van der Waals surface area contributed by atoms with Crippen LogP contribution >= 0.6 is 0 Å². The highest BCUT2D eigenvalue weighted by molar-refractivity contribution is 5.86. The number of carboxylic acids is 1. The maximum absolute atomic E-state index is 12.7. The maximum Gasteiger partial charge on any atom is 0.358 e. The first kappa shape index (κ1) is 12.5. The van der Waals surface area contributed by atoms with Gasteiger partial charge in [-0.2, -0.15) is 0 Å². The van der Waals surface area contributed by atoms with Crippen molar-refractivity contribution in [3.63, 3.8) is 0 Å². The first-order valence-corrected chi connectivity index (χ1v) is 4.82. The fraction of sp³-hybridized carbons (Fsp3) is 0.667. The van der Waals surface area contributed by atoms with Crippen LogP contribution in [0.4, 0.5) is 8.78 Å². The maximum atomic E-state index is 12.7. The quantitative estimate of drug-likeness (QED) is 0.864. The lowest BCUT2D eigenvalue weighted by molar-refractivity contribution is 0.0674. The van der Waals surface area contributed by atoms with Crippen LogP contribution in [0.25, 0.3) is 0 Å². The van der Waals surface area contributed by atoms with E-state index in [1.54, 1.807) is 6.92 Å². The van der Waals surface area contributed by atoms with E-state index in [1.807, 2.05) is 13.8 Å². The minimum atomic E-state index is -2.90. The molecule has 0 amide bonds. The molecule has 0 aliphatic rings. The molecule has 0 aliphatic carbocycles. The van der Waals surface area contributed by atoms with Crippen LogP contribution in [-0.4, -0.2) is 26.1 Å². The Kier molecular flexibility index (Phi) is 3.56. The van der Waals surface area contributed by atoms with Gasteiger partial charge in [0, 0.05) is 0 Å². The SMILES string of the molecule is CC(C)C(C)n1nnc(C(=O)O)c1C(F)F. The van der Waals surface area contributed by atoms with Gasteiger partial charge in [0.05, 0.1) is 6.04 Å². The third kappa shape index (κ3) is 2.17. The molecule has 1 unspecified atom stereocenters. The van der Waals surface area contributed by atoms with E-state index in [-0.39, 0.29) is 12.0 Å². The van der Waals surface area contributed by atoms with Gasteiger partial charge < -0.3 is 5.11 Å². The molecule has 16 heavy (non-hydrogen) atoms. The predicted molar refractivity (Wildman–Crippen MR) is 51.5 cm³/mol. The van der Waals surface area contributed by atoms with Gasteiger partial charge in [0.1, 0.15) is 5.69 Å². The van der Waals surface area contributed by atoms with Crippen LogP contribution < -0.4 is 0 Å². The molecule has 0 fully saturated rings. The van der Waals surface area contributed by atoms with Crippen LogP contribution in [-0.2, 0) is 0 Å². The Balaban J connectivity index is 3.25. The van der Waals surface area contributed by atoms with Crippen LogP contribution in [0.1, 0.15) is 49.4 Å². The molecule has 0 bridgehead atoms. The second-order valence-electron chi connectivity index (χ2n) is 3.86. The number of carboxylic acid groups (broad SMARTS) is 1. The number of aromatic carboxylic acids is 1. The van der Waals surface area contributed by atoms with Crippen molar-refractivity contribution in [3.05, 3.63) is 11.4 Å². The number of rotatable bonds is 4. The summed E-state index contributed by atoms with van der Waals surface area (Å²) >= 11 is 0. The van der Waals surface area contributed by atoms with Gasteiger partial charge in [-0.1, -0.05) is 19.1 Å². The Morgan fingerprint density at radius 2 is 1.94 bits per heavy atom. The minimum Gasteiger partial charge on any atom is -0.476 e. The van der Waals surface area contributed by atoms with Gasteiger partial charge in [0.15, 0.2) is 5.69 Å². The Bertz CT molecular complexity index is 390. The van der Waals surface area contributed by atoms with Crippen LogP contribution in [0.15, 0.2) is 0 Å². The molecule has 1 aromatic heterocycles. The standard InChI is InChI=1S/C9H13F2N3O2/c1-4(2)5(3)14-7(8(10)11)6(9(15)16)12-13-14/h4-5,8H,1-3H3,(H,15,16). The third-order valence-corrected chi connectivity index (χ3v) is 2.49. The molecule has 1 N–H and O–H groups in total. The molecule has 0 aromatic carbocycles. The van der Waals surface area contributed by atoms with Crippen molar-refractivity contribution in [1.82, 2.24) is 15.0 Å². The lowest BCUT2D eigenvalue weighted by atomic mass is 10.1. The summed E-state index contributed by atoms with van der Waals surface area (Å²) < 4.78 is 26.5. The molecule has 0 spiro atoms. The molecular weight excluding hydrogens is 220 g/mol. The molecule has 1 rings (SSSR count). The number of alkyl halides is 2. The van der Waals surface area contributed by atoms with Gasteiger partial charge >= 0.3 is 5.97 Å². The molecule has 1 atom stereocenters. The molecule has 0 radical (unpaired) electrons. The predicted octanol–water partition coefficient (Wildman–Crippen LogP) is 2.13. The lowest BCUT2D eigenvalue weighted by Crippen LogP contribution is -2.17. The van der Waals surface area contributed by atoms with Crippen molar-refractivity contribution >= 4 is 5.97 Å². The van der Waals surface area contributed by atoms with E-state index in [9.17, 15) is 13.6 Å². The third-order valence-electron chi connectivity index (χ3n) is 2.49. The van der Waals surface area contributed by atoms with Gasteiger partial charge in [-0.25, -0.2) is 18.3 Å². The number of nitrogens with zero attached hydrogens (tertiary/aromatic N) is 3. The zero-order valence-corrected chi connectivity index (χ0v) is 9.19. The summed E-state index contributed by atoms with van der Waals surface area (Å²) in [5.41, 5.74) is -1.31. The zero-order chi connectivity index (χ0) is 12.5. The highest BCUT2D eigenvalue weighted by Gasteiger charge is 2.29. The van der Waals surface area contributed by atoms with E-state index >= 15 is 0 Å². The topological polar surface area (TPSA) is 68.0 Å². The largest absolute Gasteiger partial charge is 0.476 e. The van der Waals surface area contributed by atoms with E-state index in [0.717, 1.165) is 4.68 Å². The van der Waals surface area contributed by atoms with E-state index < -0.39 is 23.8 Å². The Morgan fingerprint density at radius 1 is 1.38 bits per heavy atom. The smallest absolute Gasteiger partial charge is 0.358 e. The van der Waals surface area contributed by atoms with Gasteiger partial charge in [0.25, 0.3) is 6.43 Å². The fourth-order valence-electron chi connectivity index (χ4n) is 1.24. The van der Waals surface area contributed by atoms with Gasteiger partial charge in [-0.05, 0) is 12.8 Å². The van der Waals surface area contributed by atoms with E-state index in [1.165, 1.54) is 0 Å². The van der Waals surface area contributed by atoms with Crippen LogP contribution in [0.5, 0.6) is 0 Å². The second kappa shape index (κ2) is 4.54. The van der Waals surface area contributed by atoms with Crippen molar-refractivity contribution in [1.29, 1.82) is 0 Å². The normalized spacial score (nSPS) is 13.4. The molecule has 1 aromatic rings. The number of aromatic nitrogens is 3. The van der Waals surface area contributed by atoms with Crippen molar-refractivity contribution < 1.29 is 18.7 Å². The van der Waals surface area contributed by atoms with E-state index in [4.69, 9.17) is 5.11 Å². The van der Waals surface area contributed by atoms with Crippen molar-refractivity contribution in [2.24, 2.45) is 5.92 Å². The average molecular weight is 233 g/mol. The monoisotopic (exact) mass is 233 g/mol. The summed E-state index contributed by atoms with van der Waals surface area (Å²) in [6.07, 6.45) is -2.90. The fourth-order valence-corrected chi connectivity index (χ4v) is 1.24. The summed E-state index contributed by atoms with van der Waals surface area (Å²) in [6, 6.07) is -0.329. The van der Waals surface area contributed by atoms with Crippen LogP contribution in [0, 0.1) is 5.92 Å². The summed E-state index contributed by atoms with van der Waals surface area (Å²) in [4.78, 5) is 10.7. The van der Waals surface area contributed by atoms with Crippen molar-refractivity contribution in [3.8, 4) is 0 Å².